The highest BCUT2D eigenvalue weighted by atomic mass is 19.1. The lowest BCUT2D eigenvalue weighted by Gasteiger charge is -2.38. The Labute approximate surface area is 264 Å². The van der Waals surface area contributed by atoms with Crippen molar-refractivity contribution in [3.63, 3.8) is 0 Å². The van der Waals surface area contributed by atoms with Gasteiger partial charge >= 0.3 is 6.09 Å². The summed E-state index contributed by atoms with van der Waals surface area (Å²) in [5.74, 6) is 0.177. The van der Waals surface area contributed by atoms with E-state index in [1.165, 1.54) is 6.07 Å². The van der Waals surface area contributed by atoms with Crippen molar-refractivity contribution < 1.29 is 28.1 Å². The van der Waals surface area contributed by atoms with Gasteiger partial charge in [-0.1, -0.05) is 66.7 Å². The predicted molar refractivity (Wildman–Crippen MR) is 171 cm³/mol. The number of pyridine rings is 1. The Morgan fingerprint density at radius 3 is 2.22 bits per heavy atom. The Balaban J connectivity index is 1.30. The van der Waals surface area contributed by atoms with Crippen LogP contribution in [-0.2, 0) is 22.7 Å². The summed E-state index contributed by atoms with van der Waals surface area (Å²) < 4.78 is 39.0. The number of halogens is 1. The maximum Gasteiger partial charge on any atom is 0.410 e. The van der Waals surface area contributed by atoms with Gasteiger partial charge in [0.15, 0.2) is 0 Å². The van der Waals surface area contributed by atoms with Gasteiger partial charge in [-0.2, -0.15) is 4.98 Å². The van der Waals surface area contributed by atoms with E-state index in [1.807, 2.05) is 93.6 Å². The summed E-state index contributed by atoms with van der Waals surface area (Å²) in [6.07, 6.45) is -0.212. The maximum absolute atomic E-state index is 15.7. The zero-order valence-corrected chi connectivity index (χ0v) is 26.2. The number of aromatic nitrogens is 1. The number of carbonyl (C=O) groups excluding carboxylic acids is 1. The summed E-state index contributed by atoms with van der Waals surface area (Å²) in [6, 6.07) is 28.3. The van der Waals surface area contributed by atoms with Crippen molar-refractivity contribution in [2.75, 3.05) is 25.5 Å². The molecule has 5 rings (SSSR count). The molecule has 1 aliphatic heterocycles. The van der Waals surface area contributed by atoms with E-state index in [9.17, 15) is 4.79 Å². The average molecular weight is 614 g/mol. The number of piperidine rings is 1. The van der Waals surface area contributed by atoms with Gasteiger partial charge in [0.1, 0.15) is 30.3 Å². The number of nitrogens with zero attached hydrogens (tertiary/aromatic N) is 2. The third-order valence-electron chi connectivity index (χ3n) is 7.48. The molecular weight excluding hydrogens is 573 g/mol. The molecule has 1 aliphatic rings. The van der Waals surface area contributed by atoms with Crippen molar-refractivity contribution in [1.29, 1.82) is 0 Å². The van der Waals surface area contributed by atoms with Crippen LogP contribution in [0.1, 0.15) is 49.8 Å². The molecule has 4 aromatic rings. The van der Waals surface area contributed by atoms with Crippen LogP contribution in [0.2, 0.25) is 0 Å². The number of rotatable bonds is 10. The fourth-order valence-electron chi connectivity index (χ4n) is 5.23. The minimum atomic E-state index is -0.594. The van der Waals surface area contributed by atoms with Crippen molar-refractivity contribution in [2.45, 2.75) is 58.0 Å². The van der Waals surface area contributed by atoms with Crippen LogP contribution >= 0.6 is 0 Å². The predicted octanol–water partition coefficient (Wildman–Crippen LogP) is 7.86. The van der Waals surface area contributed by atoms with Crippen LogP contribution < -0.4 is 14.8 Å². The number of likely N-dealkylation sites (tertiary alicyclic amines) is 1. The minimum Gasteiger partial charge on any atom is -0.473 e. The van der Waals surface area contributed by atoms with Crippen molar-refractivity contribution in [1.82, 2.24) is 9.88 Å². The van der Waals surface area contributed by atoms with Crippen LogP contribution in [0.15, 0.2) is 91.0 Å². The molecule has 2 heterocycles. The molecule has 0 spiro atoms. The number of hydrogen-bond acceptors (Lipinski definition) is 7. The van der Waals surface area contributed by atoms with E-state index < -0.39 is 11.7 Å². The van der Waals surface area contributed by atoms with E-state index in [0.717, 1.165) is 11.1 Å². The molecule has 45 heavy (non-hydrogen) atoms. The molecule has 0 radical (unpaired) electrons. The fraction of sp³-hybridized carbons (Fsp3) is 0.333. The first-order valence-electron chi connectivity index (χ1n) is 15.1. The SMILES string of the molecule is CO[C@H]1CN(C(=O)OC(C)(C)C)CC[C@@H]1c1ccc(Nc2ccc(OCc3ccccc3)nc2OCc2ccccc2)cc1F. The van der Waals surface area contributed by atoms with Crippen LogP contribution in [0.4, 0.5) is 20.6 Å². The van der Waals surface area contributed by atoms with Crippen LogP contribution in [0.5, 0.6) is 11.8 Å². The van der Waals surface area contributed by atoms with Crippen LogP contribution in [0.25, 0.3) is 0 Å². The zero-order chi connectivity index (χ0) is 31.8. The first-order chi connectivity index (χ1) is 21.7. The van der Waals surface area contributed by atoms with E-state index in [2.05, 4.69) is 10.3 Å². The highest BCUT2D eigenvalue weighted by Gasteiger charge is 2.35. The fourth-order valence-corrected chi connectivity index (χ4v) is 5.23. The van der Waals surface area contributed by atoms with Gasteiger partial charge < -0.3 is 29.2 Å². The third-order valence-corrected chi connectivity index (χ3v) is 7.48. The number of benzene rings is 3. The molecule has 0 aliphatic carbocycles. The number of carbonyl (C=O) groups is 1. The van der Waals surface area contributed by atoms with Crippen molar-refractivity contribution in [2.24, 2.45) is 0 Å². The Morgan fingerprint density at radius 2 is 1.60 bits per heavy atom. The molecule has 3 aromatic carbocycles. The van der Waals surface area contributed by atoms with Gasteiger partial charge in [0.25, 0.3) is 0 Å². The summed E-state index contributed by atoms with van der Waals surface area (Å²) >= 11 is 0. The van der Waals surface area contributed by atoms with Crippen molar-refractivity contribution >= 4 is 17.5 Å². The van der Waals surface area contributed by atoms with Gasteiger partial charge in [-0.05, 0) is 62.1 Å². The molecule has 0 bridgehead atoms. The number of ether oxygens (including phenoxy) is 4. The van der Waals surface area contributed by atoms with Crippen LogP contribution in [0, 0.1) is 5.82 Å². The number of nitrogens with one attached hydrogen (secondary N) is 1. The van der Waals surface area contributed by atoms with Crippen molar-refractivity contribution in [3.8, 4) is 11.8 Å². The van der Waals surface area contributed by atoms with Gasteiger partial charge in [0.05, 0.1) is 12.6 Å². The summed E-state index contributed by atoms with van der Waals surface area (Å²) in [5, 5.41) is 3.27. The van der Waals surface area contributed by atoms with Crippen LogP contribution in [-0.4, -0.2) is 47.9 Å². The second-order valence-electron chi connectivity index (χ2n) is 12.0. The summed E-state index contributed by atoms with van der Waals surface area (Å²) in [4.78, 5) is 18.9. The monoisotopic (exact) mass is 613 g/mol. The normalized spacial score (nSPS) is 16.6. The third kappa shape index (κ3) is 8.73. The first kappa shape index (κ1) is 31.8. The topological polar surface area (TPSA) is 82.2 Å². The smallest absolute Gasteiger partial charge is 0.410 e. The highest BCUT2D eigenvalue weighted by molar-refractivity contribution is 5.68. The lowest BCUT2D eigenvalue weighted by molar-refractivity contribution is -0.0143. The zero-order valence-electron chi connectivity index (χ0n) is 26.2. The van der Waals surface area contributed by atoms with E-state index in [0.29, 0.717) is 61.4 Å². The molecule has 1 N–H and O–H groups in total. The molecule has 0 saturated carbocycles. The first-order valence-corrected chi connectivity index (χ1v) is 15.1. The van der Waals surface area contributed by atoms with Crippen LogP contribution in [0.3, 0.4) is 0 Å². The summed E-state index contributed by atoms with van der Waals surface area (Å²) in [7, 11) is 1.58. The average Bonchev–Trinajstić information content (AvgIpc) is 3.03. The lowest BCUT2D eigenvalue weighted by atomic mass is 9.86. The summed E-state index contributed by atoms with van der Waals surface area (Å²) in [5.41, 5.74) is 3.07. The second kappa shape index (κ2) is 14.4. The molecule has 0 unspecified atom stereocenters. The van der Waals surface area contributed by atoms with E-state index in [4.69, 9.17) is 18.9 Å². The van der Waals surface area contributed by atoms with E-state index >= 15 is 4.39 Å². The quantitative estimate of drug-likeness (QED) is 0.195. The highest BCUT2D eigenvalue weighted by Crippen LogP contribution is 2.35. The Hall–Kier alpha value is -4.63. The molecule has 1 amide bonds. The lowest BCUT2D eigenvalue weighted by Crippen LogP contribution is -2.48. The van der Waals surface area contributed by atoms with Gasteiger partial charge in [-0.15, -0.1) is 0 Å². The Kier molecular flexibility index (Phi) is 10.2. The Bertz CT molecular complexity index is 1560. The standard InChI is InChI=1S/C36H40FN3O5/c1-36(2,3)45-35(41)40-20-19-29(32(22-40)42-4)28-16-15-27(21-30(28)37)38-31-17-18-33(43-23-25-11-7-5-8-12-25)39-34(31)44-24-26-13-9-6-10-14-26/h5-18,21,29,32,38H,19-20,22-24H2,1-4H3/t29-,32+/m1/s1. The molecule has 2 atom stereocenters. The van der Waals surface area contributed by atoms with Gasteiger partial charge in [0, 0.05) is 31.3 Å². The maximum atomic E-state index is 15.7. The second-order valence-corrected chi connectivity index (χ2v) is 12.0. The largest absolute Gasteiger partial charge is 0.473 e. The molecule has 236 valence electrons. The molecule has 1 aromatic heterocycles. The minimum absolute atomic E-state index is 0.213. The van der Waals surface area contributed by atoms with Gasteiger partial charge in [0.2, 0.25) is 11.8 Å². The molecular formula is C36H40FN3O5. The molecule has 1 fully saturated rings. The molecule has 8 nitrogen and oxygen atoms in total. The molecule has 9 heteroatoms. The number of anilines is 2. The number of hydrogen-bond donors (Lipinski definition) is 1. The number of methoxy groups -OCH3 is 1. The summed E-state index contributed by atoms with van der Waals surface area (Å²) in [6.45, 7) is 6.94. The van der Waals surface area contributed by atoms with Gasteiger partial charge in [-0.25, -0.2) is 9.18 Å². The Morgan fingerprint density at radius 1 is 0.933 bits per heavy atom. The van der Waals surface area contributed by atoms with E-state index in [-0.39, 0.29) is 17.8 Å². The molecule has 1 saturated heterocycles. The van der Waals surface area contributed by atoms with E-state index in [1.54, 1.807) is 24.1 Å². The van der Waals surface area contributed by atoms with Gasteiger partial charge in [-0.3, -0.25) is 0 Å². The number of amides is 1. The van der Waals surface area contributed by atoms with Crippen molar-refractivity contribution in [3.05, 3.63) is 114 Å².